The number of para-hydroxylation sites is 2. The van der Waals surface area contributed by atoms with Crippen LogP contribution in [0.3, 0.4) is 0 Å². The van der Waals surface area contributed by atoms with E-state index in [4.69, 9.17) is 9.47 Å². The summed E-state index contributed by atoms with van der Waals surface area (Å²) < 4.78 is 10.8. The number of ketones is 1. The van der Waals surface area contributed by atoms with Crippen LogP contribution in [0.4, 0.5) is 0 Å². The molecule has 0 saturated carbocycles. The maximum atomic E-state index is 13.4. The van der Waals surface area contributed by atoms with Crippen molar-refractivity contribution in [1.82, 2.24) is 9.97 Å². The fourth-order valence-electron chi connectivity index (χ4n) is 3.17. The largest absolute Gasteiger partial charge is 0.497 e. The first kappa shape index (κ1) is 18.5. The number of fused-ring (bicyclic) bond motifs is 1. The lowest BCUT2D eigenvalue weighted by molar-refractivity contribution is 0.105. The van der Waals surface area contributed by atoms with Gasteiger partial charge in [0, 0.05) is 11.1 Å². The van der Waals surface area contributed by atoms with E-state index in [-0.39, 0.29) is 5.78 Å². The molecule has 0 radical (unpaired) electrons. The van der Waals surface area contributed by atoms with E-state index in [0.717, 1.165) is 16.6 Å². The van der Waals surface area contributed by atoms with Gasteiger partial charge in [-0.2, -0.15) is 0 Å². The Morgan fingerprint density at radius 3 is 2.41 bits per heavy atom. The molecule has 144 valence electrons. The zero-order valence-electron chi connectivity index (χ0n) is 16.2. The van der Waals surface area contributed by atoms with Crippen LogP contribution in [0.2, 0.25) is 0 Å². The van der Waals surface area contributed by atoms with Gasteiger partial charge in [-0.3, -0.25) is 4.79 Å². The van der Waals surface area contributed by atoms with Gasteiger partial charge in [-0.15, -0.1) is 0 Å². The molecule has 29 heavy (non-hydrogen) atoms. The Labute approximate surface area is 168 Å². The third-order valence-electron chi connectivity index (χ3n) is 4.66. The molecule has 5 heteroatoms. The number of methoxy groups -OCH3 is 2. The summed E-state index contributed by atoms with van der Waals surface area (Å²) in [5, 5.41) is 0. The molecule has 0 spiro atoms. The molecule has 0 amide bonds. The molecule has 5 nitrogen and oxygen atoms in total. The van der Waals surface area contributed by atoms with Crippen molar-refractivity contribution in [1.29, 1.82) is 0 Å². The van der Waals surface area contributed by atoms with Crippen molar-refractivity contribution in [3.8, 4) is 11.5 Å². The minimum atomic E-state index is -0.130. The van der Waals surface area contributed by atoms with Crippen molar-refractivity contribution < 1.29 is 14.3 Å². The Kier molecular flexibility index (Phi) is 5.12. The van der Waals surface area contributed by atoms with E-state index in [1.807, 2.05) is 60.7 Å². The second-order valence-corrected chi connectivity index (χ2v) is 6.46. The normalized spacial score (nSPS) is 11.4. The molecule has 0 aliphatic carbocycles. The van der Waals surface area contributed by atoms with Crippen LogP contribution >= 0.6 is 0 Å². The molecule has 0 aliphatic rings. The number of benzene rings is 3. The van der Waals surface area contributed by atoms with Crippen molar-refractivity contribution >= 4 is 28.5 Å². The standard InChI is InChI=1S/C24H20N2O3/c1-28-18-12-13-22(29-2)17(14-18)15-19(23(27)16-8-4-3-5-9-16)24-25-20-10-6-7-11-21(20)26-24/h3-15H,1-2H3,(H,25,26). The second-order valence-electron chi connectivity index (χ2n) is 6.46. The Bertz CT molecular complexity index is 1160. The Morgan fingerprint density at radius 1 is 0.931 bits per heavy atom. The maximum Gasteiger partial charge on any atom is 0.196 e. The number of imidazole rings is 1. The number of aromatic amines is 1. The highest BCUT2D eigenvalue weighted by atomic mass is 16.5. The summed E-state index contributed by atoms with van der Waals surface area (Å²) in [6.07, 6.45) is 1.79. The van der Waals surface area contributed by atoms with Crippen LogP contribution in [0, 0.1) is 0 Å². The summed E-state index contributed by atoms with van der Waals surface area (Å²) in [5.41, 5.74) is 3.42. The highest BCUT2D eigenvalue weighted by Gasteiger charge is 2.19. The lowest BCUT2D eigenvalue weighted by atomic mass is 10.00. The first-order chi connectivity index (χ1) is 14.2. The summed E-state index contributed by atoms with van der Waals surface area (Å²) in [4.78, 5) is 21.3. The van der Waals surface area contributed by atoms with E-state index in [2.05, 4.69) is 9.97 Å². The predicted molar refractivity (Wildman–Crippen MR) is 114 cm³/mol. The van der Waals surface area contributed by atoms with E-state index in [9.17, 15) is 4.79 Å². The Morgan fingerprint density at radius 2 is 1.69 bits per heavy atom. The molecule has 0 aliphatic heterocycles. The van der Waals surface area contributed by atoms with Gasteiger partial charge in [0.15, 0.2) is 5.78 Å². The minimum absolute atomic E-state index is 0.130. The molecule has 3 aromatic carbocycles. The average Bonchev–Trinajstić information content (AvgIpc) is 3.21. The van der Waals surface area contributed by atoms with Crippen molar-refractivity contribution in [2.45, 2.75) is 0 Å². The number of allylic oxidation sites excluding steroid dienone is 1. The van der Waals surface area contributed by atoms with Crippen molar-refractivity contribution in [2.24, 2.45) is 0 Å². The van der Waals surface area contributed by atoms with Crippen molar-refractivity contribution in [3.05, 3.63) is 89.7 Å². The molecule has 0 atom stereocenters. The molecule has 0 saturated heterocycles. The molecule has 4 rings (SSSR count). The van der Waals surface area contributed by atoms with E-state index >= 15 is 0 Å². The fourth-order valence-corrected chi connectivity index (χ4v) is 3.17. The van der Waals surface area contributed by atoms with Crippen LogP contribution in [-0.2, 0) is 0 Å². The number of carbonyl (C=O) groups is 1. The van der Waals surface area contributed by atoms with Gasteiger partial charge in [0.25, 0.3) is 0 Å². The number of rotatable bonds is 6. The fraction of sp³-hybridized carbons (Fsp3) is 0.0833. The molecular formula is C24H20N2O3. The van der Waals surface area contributed by atoms with Gasteiger partial charge >= 0.3 is 0 Å². The molecule has 1 heterocycles. The van der Waals surface area contributed by atoms with Gasteiger partial charge in [-0.25, -0.2) is 4.98 Å². The summed E-state index contributed by atoms with van der Waals surface area (Å²) in [5.74, 6) is 1.69. The summed E-state index contributed by atoms with van der Waals surface area (Å²) in [6, 6.07) is 22.3. The molecule has 1 N–H and O–H groups in total. The van der Waals surface area contributed by atoms with E-state index < -0.39 is 0 Å². The summed E-state index contributed by atoms with van der Waals surface area (Å²) >= 11 is 0. The smallest absolute Gasteiger partial charge is 0.196 e. The SMILES string of the molecule is COc1ccc(OC)c(C=C(C(=O)c2ccccc2)c2nc3ccccc3[nH]2)c1. The highest BCUT2D eigenvalue weighted by Crippen LogP contribution is 2.30. The molecule has 1 aromatic heterocycles. The number of nitrogens with zero attached hydrogens (tertiary/aromatic N) is 1. The molecule has 4 aromatic rings. The molecular weight excluding hydrogens is 364 g/mol. The van der Waals surface area contributed by atoms with Crippen molar-refractivity contribution in [2.75, 3.05) is 14.2 Å². The summed E-state index contributed by atoms with van der Waals surface area (Å²) in [7, 11) is 3.20. The number of Topliss-reactive ketones (excluding diaryl/α,β-unsaturated/α-hetero) is 1. The lowest BCUT2D eigenvalue weighted by Gasteiger charge is -2.10. The molecule has 0 bridgehead atoms. The monoisotopic (exact) mass is 384 g/mol. The van der Waals surface area contributed by atoms with Crippen LogP contribution < -0.4 is 9.47 Å². The number of aromatic nitrogens is 2. The third kappa shape index (κ3) is 3.75. The van der Waals surface area contributed by atoms with Gasteiger partial charge in [-0.1, -0.05) is 42.5 Å². The van der Waals surface area contributed by atoms with Crippen LogP contribution in [0.25, 0.3) is 22.7 Å². The van der Waals surface area contributed by atoms with Crippen LogP contribution in [-0.4, -0.2) is 30.0 Å². The number of H-pyrrole nitrogens is 1. The Balaban J connectivity index is 1.91. The molecule has 0 unspecified atom stereocenters. The molecule has 0 fully saturated rings. The summed E-state index contributed by atoms with van der Waals surface area (Å²) in [6.45, 7) is 0. The minimum Gasteiger partial charge on any atom is -0.497 e. The van der Waals surface area contributed by atoms with Gasteiger partial charge in [0.1, 0.15) is 17.3 Å². The van der Waals surface area contributed by atoms with E-state index in [1.54, 1.807) is 32.4 Å². The Hall–Kier alpha value is -3.86. The number of ether oxygens (including phenoxy) is 2. The third-order valence-corrected chi connectivity index (χ3v) is 4.66. The number of hydrogen-bond acceptors (Lipinski definition) is 4. The lowest BCUT2D eigenvalue weighted by Crippen LogP contribution is -2.04. The number of carbonyl (C=O) groups excluding carboxylic acids is 1. The van der Waals surface area contributed by atoms with Gasteiger partial charge in [0.2, 0.25) is 0 Å². The van der Waals surface area contributed by atoms with Gasteiger partial charge < -0.3 is 14.5 Å². The average molecular weight is 384 g/mol. The van der Waals surface area contributed by atoms with Crippen LogP contribution in [0.1, 0.15) is 21.7 Å². The van der Waals surface area contributed by atoms with Crippen molar-refractivity contribution in [3.63, 3.8) is 0 Å². The first-order valence-corrected chi connectivity index (χ1v) is 9.18. The van der Waals surface area contributed by atoms with Crippen LogP contribution in [0.5, 0.6) is 11.5 Å². The second kappa shape index (κ2) is 8.02. The zero-order valence-corrected chi connectivity index (χ0v) is 16.2. The first-order valence-electron chi connectivity index (χ1n) is 9.18. The predicted octanol–water partition coefficient (Wildman–Crippen LogP) is 5.00. The zero-order chi connectivity index (χ0) is 20.2. The van der Waals surface area contributed by atoms with Gasteiger partial charge in [0.05, 0.1) is 30.8 Å². The number of hydrogen-bond donors (Lipinski definition) is 1. The number of nitrogens with one attached hydrogen (secondary N) is 1. The van der Waals surface area contributed by atoms with Gasteiger partial charge in [-0.05, 0) is 36.4 Å². The quantitative estimate of drug-likeness (QED) is 0.375. The highest BCUT2D eigenvalue weighted by molar-refractivity contribution is 6.32. The topological polar surface area (TPSA) is 64.2 Å². The maximum absolute atomic E-state index is 13.4. The van der Waals surface area contributed by atoms with Crippen LogP contribution in [0.15, 0.2) is 72.8 Å². The van der Waals surface area contributed by atoms with E-state index in [1.165, 1.54) is 0 Å². The van der Waals surface area contributed by atoms with E-state index in [0.29, 0.717) is 28.5 Å².